The third kappa shape index (κ3) is 4.76. The van der Waals surface area contributed by atoms with E-state index in [4.69, 9.17) is 12.2 Å². The molecule has 7 nitrogen and oxygen atoms in total. The minimum Gasteiger partial charge on any atom is -0.320 e. The van der Waals surface area contributed by atoms with E-state index in [-0.39, 0.29) is 36.0 Å². The van der Waals surface area contributed by atoms with E-state index in [2.05, 4.69) is 5.32 Å². The van der Waals surface area contributed by atoms with Crippen molar-refractivity contribution in [2.24, 2.45) is 7.05 Å². The fraction of sp³-hybridized carbons (Fsp3) is 0.200. The van der Waals surface area contributed by atoms with E-state index in [9.17, 15) is 14.4 Å². The molecule has 0 radical (unpaired) electrons. The van der Waals surface area contributed by atoms with E-state index < -0.39 is 0 Å². The van der Waals surface area contributed by atoms with E-state index in [1.807, 2.05) is 61.5 Å². The summed E-state index contributed by atoms with van der Waals surface area (Å²) in [6.45, 7) is 3.91. The van der Waals surface area contributed by atoms with E-state index >= 15 is 0 Å². The van der Waals surface area contributed by atoms with Gasteiger partial charge in [0, 0.05) is 20.0 Å². The lowest BCUT2D eigenvalue weighted by Gasteiger charge is -2.13. The van der Waals surface area contributed by atoms with Crippen LogP contribution in [0, 0.1) is 13.8 Å². The monoisotopic (exact) mass is 492 g/mol. The first-order valence-electron chi connectivity index (χ1n) is 10.7. The summed E-state index contributed by atoms with van der Waals surface area (Å²) < 4.78 is 3.62. The Morgan fingerprint density at radius 3 is 2.41 bits per heavy atom. The molecule has 2 amide bonds. The number of amides is 2. The molecule has 2 aromatic carbocycles. The summed E-state index contributed by atoms with van der Waals surface area (Å²) in [5.41, 5.74) is 3.30. The summed E-state index contributed by atoms with van der Waals surface area (Å²) in [4.78, 5) is 40.4. The number of carbonyl (C=O) groups is 2. The van der Waals surface area contributed by atoms with Crippen LogP contribution in [0.1, 0.15) is 23.2 Å². The zero-order valence-corrected chi connectivity index (χ0v) is 20.7. The van der Waals surface area contributed by atoms with Crippen molar-refractivity contribution in [1.82, 2.24) is 14.3 Å². The predicted molar refractivity (Wildman–Crippen MR) is 140 cm³/mol. The topological polar surface area (TPSA) is 76.3 Å². The summed E-state index contributed by atoms with van der Waals surface area (Å²) in [6, 6.07) is 17.1. The molecule has 1 aliphatic heterocycles. The molecule has 0 bridgehead atoms. The second-order valence-electron chi connectivity index (χ2n) is 7.98. The number of hydrogen-bond donors (Lipinski definition) is 1. The standard InChI is InChI=1S/C25H24N4O3S2/c1-16-9-11-18(12-10-16)15-20-23(31)28(25(33)34-20)14-13-21(30)26-22-17(2)27(3)29(24(22)32)19-7-5-4-6-8-19/h4-12,15H,13-14H2,1-3H3,(H,26,30). The van der Waals surface area contributed by atoms with Crippen molar-refractivity contribution in [1.29, 1.82) is 0 Å². The molecule has 34 heavy (non-hydrogen) atoms. The number of nitrogens with one attached hydrogen (secondary N) is 1. The first-order valence-corrected chi connectivity index (χ1v) is 11.9. The normalized spacial score (nSPS) is 14.8. The first-order chi connectivity index (χ1) is 16.3. The number of aromatic nitrogens is 2. The highest BCUT2D eigenvalue weighted by molar-refractivity contribution is 8.26. The Morgan fingerprint density at radius 1 is 1.06 bits per heavy atom. The van der Waals surface area contributed by atoms with Crippen LogP contribution in [0.5, 0.6) is 0 Å². The molecule has 174 valence electrons. The Kier molecular flexibility index (Phi) is 6.85. The summed E-state index contributed by atoms with van der Waals surface area (Å²) >= 11 is 6.59. The molecule has 0 aliphatic carbocycles. The van der Waals surface area contributed by atoms with Gasteiger partial charge in [-0.15, -0.1) is 0 Å². The molecule has 3 aromatic rings. The minimum atomic E-state index is -0.359. The molecule has 1 aromatic heterocycles. The van der Waals surface area contributed by atoms with Gasteiger partial charge in [0.2, 0.25) is 5.91 Å². The molecule has 1 N–H and O–H groups in total. The Hall–Kier alpha value is -3.43. The molecule has 0 spiro atoms. The quantitative estimate of drug-likeness (QED) is 0.416. The van der Waals surface area contributed by atoms with Crippen molar-refractivity contribution >= 4 is 51.9 Å². The van der Waals surface area contributed by atoms with Gasteiger partial charge in [0.25, 0.3) is 11.5 Å². The molecule has 2 heterocycles. The van der Waals surface area contributed by atoms with Crippen LogP contribution >= 0.6 is 24.0 Å². The number of nitrogens with zero attached hydrogens (tertiary/aromatic N) is 3. The Balaban J connectivity index is 1.44. The fourth-order valence-corrected chi connectivity index (χ4v) is 4.94. The zero-order chi connectivity index (χ0) is 24.4. The molecule has 0 unspecified atom stereocenters. The van der Waals surface area contributed by atoms with Gasteiger partial charge in [-0.1, -0.05) is 72.0 Å². The molecular weight excluding hydrogens is 468 g/mol. The van der Waals surface area contributed by atoms with Crippen molar-refractivity contribution < 1.29 is 9.59 Å². The SMILES string of the molecule is Cc1ccc(C=C2SC(=S)N(CCC(=O)Nc3c(C)n(C)n(-c4ccccc4)c3=O)C2=O)cc1. The average molecular weight is 493 g/mol. The van der Waals surface area contributed by atoms with Crippen LogP contribution in [0.3, 0.4) is 0 Å². The fourth-order valence-electron chi connectivity index (χ4n) is 3.63. The summed E-state index contributed by atoms with van der Waals surface area (Å²) in [5, 5.41) is 2.72. The Labute approximate surface area is 207 Å². The van der Waals surface area contributed by atoms with Crippen LogP contribution in [0.15, 0.2) is 64.3 Å². The maximum atomic E-state index is 13.0. The molecule has 1 fully saturated rings. The number of thioether (sulfide) groups is 1. The number of hydrogen-bond acceptors (Lipinski definition) is 5. The first kappa shape index (κ1) is 23.7. The number of para-hydroxylation sites is 1. The van der Waals surface area contributed by atoms with Gasteiger partial charge in [0.05, 0.1) is 16.3 Å². The van der Waals surface area contributed by atoms with Crippen LogP contribution in [-0.4, -0.2) is 36.9 Å². The van der Waals surface area contributed by atoms with Crippen LogP contribution in [0.25, 0.3) is 11.8 Å². The highest BCUT2D eigenvalue weighted by Gasteiger charge is 2.32. The van der Waals surface area contributed by atoms with Gasteiger partial charge < -0.3 is 5.32 Å². The smallest absolute Gasteiger partial charge is 0.295 e. The molecule has 1 saturated heterocycles. The largest absolute Gasteiger partial charge is 0.320 e. The second kappa shape index (κ2) is 9.82. The van der Waals surface area contributed by atoms with Crippen LogP contribution in [0.4, 0.5) is 5.69 Å². The van der Waals surface area contributed by atoms with Gasteiger partial charge >= 0.3 is 0 Å². The minimum absolute atomic E-state index is 0.0172. The van der Waals surface area contributed by atoms with Crippen LogP contribution < -0.4 is 10.9 Å². The lowest BCUT2D eigenvalue weighted by molar-refractivity contribution is -0.122. The molecule has 9 heteroatoms. The van der Waals surface area contributed by atoms with Gasteiger partial charge in [-0.05, 0) is 37.6 Å². The van der Waals surface area contributed by atoms with Gasteiger partial charge in [-0.25, -0.2) is 4.68 Å². The average Bonchev–Trinajstić information content (AvgIpc) is 3.20. The third-order valence-electron chi connectivity index (χ3n) is 5.63. The number of benzene rings is 2. The van der Waals surface area contributed by atoms with Gasteiger partial charge in [-0.2, -0.15) is 0 Å². The molecule has 4 rings (SSSR count). The zero-order valence-electron chi connectivity index (χ0n) is 19.1. The van der Waals surface area contributed by atoms with E-state index in [1.165, 1.54) is 21.3 Å². The van der Waals surface area contributed by atoms with Crippen LogP contribution in [0.2, 0.25) is 0 Å². The summed E-state index contributed by atoms with van der Waals surface area (Å²) in [7, 11) is 1.76. The summed E-state index contributed by atoms with van der Waals surface area (Å²) in [5.74, 6) is -0.576. The highest BCUT2D eigenvalue weighted by Crippen LogP contribution is 2.32. The van der Waals surface area contributed by atoms with Crippen molar-refractivity contribution in [2.45, 2.75) is 20.3 Å². The maximum absolute atomic E-state index is 13.0. The molecular formula is C25H24N4O3S2. The number of rotatable bonds is 6. The van der Waals surface area contributed by atoms with E-state index in [1.54, 1.807) is 24.7 Å². The Morgan fingerprint density at radius 2 is 1.74 bits per heavy atom. The lowest BCUT2D eigenvalue weighted by Crippen LogP contribution is -2.32. The third-order valence-corrected chi connectivity index (χ3v) is 7.01. The van der Waals surface area contributed by atoms with E-state index in [0.717, 1.165) is 11.1 Å². The van der Waals surface area contributed by atoms with Crippen molar-refractivity contribution in [3.63, 3.8) is 0 Å². The number of thiocarbonyl (C=S) groups is 1. The van der Waals surface area contributed by atoms with Crippen LogP contribution in [-0.2, 0) is 16.6 Å². The summed E-state index contributed by atoms with van der Waals surface area (Å²) in [6.07, 6.45) is 1.82. The number of anilines is 1. The van der Waals surface area contributed by atoms with Gasteiger partial charge in [-0.3, -0.25) is 24.0 Å². The number of carbonyl (C=O) groups excluding carboxylic acids is 2. The van der Waals surface area contributed by atoms with Crippen molar-refractivity contribution in [3.8, 4) is 5.69 Å². The Bertz CT molecular complexity index is 1360. The number of aryl methyl sites for hydroxylation is 1. The van der Waals surface area contributed by atoms with Crippen molar-refractivity contribution in [3.05, 3.63) is 86.7 Å². The molecule has 1 aliphatic rings. The lowest BCUT2D eigenvalue weighted by atomic mass is 10.1. The highest BCUT2D eigenvalue weighted by atomic mass is 32.2. The van der Waals surface area contributed by atoms with E-state index in [0.29, 0.717) is 20.6 Å². The molecule has 0 saturated carbocycles. The van der Waals surface area contributed by atoms with Gasteiger partial charge in [0.1, 0.15) is 10.0 Å². The second-order valence-corrected chi connectivity index (χ2v) is 9.65. The molecule has 0 atom stereocenters. The predicted octanol–water partition coefficient (Wildman–Crippen LogP) is 4.02. The van der Waals surface area contributed by atoms with Gasteiger partial charge in [0.15, 0.2) is 0 Å². The van der Waals surface area contributed by atoms with Crippen molar-refractivity contribution in [2.75, 3.05) is 11.9 Å². The maximum Gasteiger partial charge on any atom is 0.295 e.